The molecule has 1 aromatic carbocycles. The van der Waals surface area contributed by atoms with Gasteiger partial charge in [-0.15, -0.1) is 0 Å². The fourth-order valence-electron chi connectivity index (χ4n) is 3.92. The lowest BCUT2D eigenvalue weighted by Crippen LogP contribution is -2.61. The van der Waals surface area contributed by atoms with Crippen LogP contribution in [0.1, 0.15) is 59.9 Å². The molecule has 0 aliphatic carbocycles. The van der Waals surface area contributed by atoms with E-state index in [0.717, 1.165) is 12.2 Å². The fraction of sp³-hybridized carbons (Fsp3) is 0.552. The summed E-state index contributed by atoms with van der Waals surface area (Å²) in [4.78, 5) is 35.9. The van der Waals surface area contributed by atoms with Gasteiger partial charge in [0.2, 0.25) is 11.8 Å². The molecule has 0 bridgehead atoms. The molecule has 212 valence electrons. The van der Waals surface area contributed by atoms with Crippen LogP contribution in [-0.4, -0.2) is 54.0 Å². The highest BCUT2D eigenvalue weighted by Gasteiger charge is 2.31. The molecule has 1 aliphatic heterocycles. The number of hydrogen-bond donors (Lipinski definition) is 4. The maximum Gasteiger partial charge on any atom is 0.258 e. The van der Waals surface area contributed by atoms with Crippen molar-refractivity contribution in [2.45, 2.75) is 78.9 Å². The van der Waals surface area contributed by atoms with Crippen LogP contribution >= 0.6 is 0 Å². The molecule has 0 radical (unpaired) electrons. The van der Waals surface area contributed by atoms with Gasteiger partial charge in [-0.3, -0.25) is 19.4 Å². The maximum absolute atomic E-state index is 12.4. The number of benzene rings is 1. The van der Waals surface area contributed by atoms with Gasteiger partial charge in [0.1, 0.15) is 30.5 Å². The van der Waals surface area contributed by atoms with E-state index in [4.69, 9.17) is 10.5 Å². The van der Waals surface area contributed by atoms with Crippen molar-refractivity contribution < 1.29 is 19.1 Å². The van der Waals surface area contributed by atoms with Gasteiger partial charge >= 0.3 is 0 Å². The minimum Gasteiger partial charge on any atom is -0.490 e. The normalized spacial score (nSPS) is 16.8. The van der Waals surface area contributed by atoms with Crippen molar-refractivity contribution in [1.82, 2.24) is 21.1 Å². The monoisotopic (exact) mass is 529 g/mol. The van der Waals surface area contributed by atoms with E-state index in [-0.39, 0.29) is 17.7 Å². The average molecular weight is 530 g/mol. The molecule has 3 amide bonds. The number of rotatable bonds is 12. The first-order valence-electron chi connectivity index (χ1n) is 13.4. The topological polar surface area (TPSA) is 126 Å². The molecule has 9 nitrogen and oxygen atoms in total. The SMILES string of the molecule is C/C=C/COc1cccc(CC(C)C)c1.C=CNC(C(=O)NC(C)C(=O)N1CCCC(C(N)=O)N1)C(C)C. The average Bonchev–Trinajstić information content (AvgIpc) is 2.87. The van der Waals surface area contributed by atoms with Crippen LogP contribution in [-0.2, 0) is 20.8 Å². The third kappa shape index (κ3) is 11.8. The molecule has 0 spiro atoms. The molecule has 1 fully saturated rings. The van der Waals surface area contributed by atoms with Gasteiger partial charge < -0.3 is 21.1 Å². The number of primary amides is 1. The molecule has 1 saturated heterocycles. The van der Waals surface area contributed by atoms with E-state index in [1.165, 1.54) is 16.8 Å². The first-order chi connectivity index (χ1) is 18.0. The highest BCUT2D eigenvalue weighted by atomic mass is 16.5. The molecule has 1 heterocycles. The Labute approximate surface area is 228 Å². The van der Waals surface area contributed by atoms with Crippen LogP contribution in [0.25, 0.3) is 0 Å². The summed E-state index contributed by atoms with van der Waals surface area (Å²) in [6.07, 6.45) is 7.85. The summed E-state index contributed by atoms with van der Waals surface area (Å²) in [6.45, 7) is 16.6. The van der Waals surface area contributed by atoms with Crippen molar-refractivity contribution in [2.75, 3.05) is 13.2 Å². The minimum atomic E-state index is -0.713. The predicted molar refractivity (Wildman–Crippen MR) is 152 cm³/mol. The van der Waals surface area contributed by atoms with E-state index in [2.05, 4.69) is 54.7 Å². The highest BCUT2D eigenvalue weighted by molar-refractivity contribution is 5.90. The molecule has 2 rings (SSSR count). The zero-order chi connectivity index (χ0) is 28.7. The molecular weight excluding hydrogens is 482 g/mol. The van der Waals surface area contributed by atoms with Crippen LogP contribution in [0.2, 0.25) is 0 Å². The van der Waals surface area contributed by atoms with Crippen molar-refractivity contribution in [3.05, 3.63) is 54.8 Å². The van der Waals surface area contributed by atoms with Crippen LogP contribution in [0, 0.1) is 11.8 Å². The zero-order valence-corrected chi connectivity index (χ0v) is 23.8. The Morgan fingerprint density at radius 1 is 1.24 bits per heavy atom. The summed E-state index contributed by atoms with van der Waals surface area (Å²) in [7, 11) is 0. The van der Waals surface area contributed by atoms with E-state index >= 15 is 0 Å². The van der Waals surface area contributed by atoms with E-state index in [9.17, 15) is 14.4 Å². The van der Waals surface area contributed by atoms with Crippen molar-refractivity contribution in [3.8, 4) is 5.75 Å². The van der Waals surface area contributed by atoms with Gasteiger partial charge in [-0.1, -0.05) is 58.6 Å². The number of nitrogens with zero attached hydrogens (tertiary/aromatic N) is 1. The van der Waals surface area contributed by atoms with Gasteiger partial charge in [-0.25, -0.2) is 5.43 Å². The van der Waals surface area contributed by atoms with Gasteiger partial charge in [0, 0.05) is 6.54 Å². The summed E-state index contributed by atoms with van der Waals surface area (Å²) in [5.41, 5.74) is 9.43. The molecule has 3 atom stereocenters. The Hall–Kier alpha value is -3.33. The van der Waals surface area contributed by atoms with E-state index < -0.39 is 24.0 Å². The molecule has 3 unspecified atom stereocenters. The van der Waals surface area contributed by atoms with E-state index in [1.54, 1.807) is 6.92 Å². The summed E-state index contributed by atoms with van der Waals surface area (Å²) in [6, 6.07) is 6.62. The lowest BCUT2D eigenvalue weighted by molar-refractivity contribution is -0.142. The van der Waals surface area contributed by atoms with Crippen molar-refractivity contribution >= 4 is 17.7 Å². The Kier molecular flexibility index (Phi) is 14.8. The van der Waals surface area contributed by atoms with E-state index in [0.29, 0.717) is 31.9 Å². The number of nitrogens with one attached hydrogen (secondary N) is 3. The van der Waals surface area contributed by atoms with Crippen LogP contribution in [0.3, 0.4) is 0 Å². The van der Waals surface area contributed by atoms with Crippen molar-refractivity contribution in [3.63, 3.8) is 0 Å². The largest absolute Gasteiger partial charge is 0.490 e. The Morgan fingerprint density at radius 3 is 2.53 bits per heavy atom. The van der Waals surface area contributed by atoms with Gasteiger partial charge in [-0.2, -0.15) is 0 Å². The molecule has 5 N–H and O–H groups in total. The second kappa shape index (κ2) is 17.2. The zero-order valence-electron chi connectivity index (χ0n) is 23.8. The third-order valence-electron chi connectivity index (χ3n) is 5.90. The van der Waals surface area contributed by atoms with Gasteiger partial charge in [0.05, 0.1) is 0 Å². The standard InChI is InChI=1S/C15H27N5O3.C14H20O/c1-5-17-12(9(2)3)14(22)18-10(4)15(23)20-8-6-7-11(19-20)13(16)21;1-4-5-9-15-14-8-6-7-13(11-14)10-12(2)3/h5,9-12,17,19H,1,6-8H2,2-4H3,(H2,16,21)(H,18,22);4-8,11-12H,9-10H2,1-3H3/b;5-4+. The number of allylic oxidation sites excluding steroid dienone is 1. The van der Waals surface area contributed by atoms with E-state index in [1.807, 2.05) is 39.0 Å². The summed E-state index contributed by atoms with van der Waals surface area (Å²) in [5.74, 6) is 0.633. The number of ether oxygens (including phenoxy) is 1. The quantitative estimate of drug-likeness (QED) is 0.308. The lowest BCUT2D eigenvalue weighted by atomic mass is 10.0. The lowest BCUT2D eigenvalue weighted by Gasteiger charge is -2.34. The number of carbonyl (C=O) groups is 3. The highest BCUT2D eigenvalue weighted by Crippen LogP contribution is 2.16. The first-order valence-corrected chi connectivity index (χ1v) is 13.4. The second-order valence-corrected chi connectivity index (χ2v) is 10.2. The predicted octanol–water partition coefficient (Wildman–Crippen LogP) is 3.07. The molecular formula is C29H47N5O4. The summed E-state index contributed by atoms with van der Waals surface area (Å²) >= 11 is 0. The molecule has 1 aliphatic rings. The molecule has 0 aromatic heterocycles. The first kappa shape index (κ1) is 32.7. The molecule has 9 heteroatoms. The summed E-state index contributed by atoms with van der Waals surface area (Å²) < 4.78 is 5.58. The van der Waals surface area contributed by atoms with Crippen molar-refractivity contribution in [1.29, 1.82) is 0 Å². The van der Waals surface area contributed by atoms with Crippen molar-refractivity contribution in [2.24, 2.45) is 17.6 Å². The molecule has 38 heavy (non-hydrogen) atoms. The molecule has 0 saturated carbocycles. The maximum atomic E-state index is 12.4. The molecule has 1 aromatic rings. The third-order valence-corrected chi connectivity index (χ3v) is 5.90. The Bertz CT molecular complexity index is 931. The van der Waals surface area contributed by atoms with Crippen LogP contribution in [0.4, 0.5) is 0 Å². The smallest absolute Gasteiger partial charge is 0.258 e. The van der Waals surface area contributed by atoms with Gasteiger partial charge in [0.15, 0.2) is 0 Å². The van der Waals surface area contributed by atoms with Crippen LogP contribution in [0.5, 0.6) is 5.75 Å². The van der Waals surface area contributed by atoms with Crippen LogP contribution < -0.4 is 26.5 Å². The number of nitrogens with two attached hydrogens (primary N) is 1. The Morgan fingerprint density at radius 2 is 1.95 bits per heavy atom. The second-order valence-electron chi connectivity index (χ2n) is 10.2. The fourth-order valence-corrected chi connectivity index (χ4v) is 3.92. The Balaban J connectivity index is 0.000000415. The van der Waals surface area contributed by atoms with Gasteiger partial charge in [0.25, 0.3) is 5.91 Å². The van der Waals surface area contributed by atoms with Crippen LogP contribution in [0.15, 0.2) is 49.2 Å². The number of carbonyl (C=O) groups excluding carboxylic acids is 3. The number of amides is 3. The summed E-state index contributed by atoms with van der Waals surface area (Å²) in [5, 5.41) is 6.92. The van der Waals surface area contributed by atoms with Gasteiger partial charge in [-0.05, 0) is 68.8 Å². The minimum absolute atomic E-state index is 0.0441. The number of hydrogen-bond acceptors (Lipinski definition) is 6. The number of hydrazine groups is 1.